The molecule has 1 aromatic rings. The van der Waals surface area contributed by atoms with Crippen molar-refractivity contribution in [1.29, 1.82) is 0 Å². The maximum atomic E-state index is 10.9. The van der Waals surface area contributed by atoms with Crippen LogP contribution in [0.2, 0.25) is 0 Å². The van der Waals surface area contributed by atoms with E-state index in [1.165, 1.54) is 11.8 Å². The van der Waals surface area contributed by atoms with Crippen LogP contribution in [0.4, 0.5) is 11.4 Å². The molecular weight excluding hydrogens is 238 g/mol. The Hall–Kier alpha value is -1.27. The topological polar surface area (TPSA) is 75.4 Å². The van der Waals surface area contributed by atoms with E-state index in [2.05, 4.69) is 9.62 Å². The van der Waals surface area contributed by atoms with Crippen molar-refractivity contribution in [2.75, 3.05) is 36.5 Å². The molecule has 2 rings (SSSR count). The molecule has 94 valence electrons. The Morgan fingerprint density at radius 3 is 2.94 bits per heavy atom. The van der Waals surface area contributed by atoms with Crippen molar-refractivity contribution in [3.05, 3.63) is 23.8 Å². The molecule has 0 unspecified atom stereocenters. The third kappa shape index (κ3) is 3.10. The molecule has 5 nitrogen and oxygen atoms in total. The maximum absolute atomic E-state index is 10.9. The van der Waals surface area contributed by atoms with Gasteiger partial charge in [-0.1, -0.05) is 0 Å². The molecule has 0 saturated heterocycles. The quantitative estimate of drug-likeness (QED) is 0.753. The molecule has 1 aliphatic heterocycles. The normalized spacial score (nSPS) is 15.0. The van der Waals surface area contributed by atoms with Crippen molar-refractivity contribution in [2.24, 2.45) is 0 Å². The Balaban J connectivity index is 1.98. The molecule has 0 radical (unpaired) electrons. The van der Waals surface area contributed by atoms with Crippen LogP contribution in [-0.4, -0.2) is 34.3 Å². The number of hydrogen-bond donors (Lipinski definition) is 2. The zero-order valence-corrected chi connectivity index (χ0v) is 10.6. The van der Waals surface area contributed by atoms with Crippen LogP contribution in [0, 0.1) is 0 Å². The summed E-state index contributed by atoms with van der Waals surface area (Å²) in [5, 5.41) is 0. The molecule has 0 bridgehead atoms. The number of rotatable bonds is 4. The van der Waals surface area contributed by atoms with Gasteiger partial charge in [-0.2, -0.15) is 0 Å². The summed E-state index contributed by atoms with van der Waals surface area (Å²) in [6, 6.07) is 5.86. The van der Waals surface area contributed by atoms with Crippen molar-refractivity contribution >= 4 is 21.4 Å². The number of anilines is 2. The van der Waals surface area contributed by atoms with Crippen molar-refractivity contribution in [3.63, 3.8) is 0 Å². The van der Waals surface area contributed by atoms with E-state index in [0.29, 0.717) is 13.1 Å². The lowest BCUT2D eigenvalue weighted by Gasteiger charge is -2.19. The minimum Gasteiger partial charge on any atom is -0.399 e. The molecule has 0 aromatic heterocycles. The van der Waals surface area contributed by atoms with Crippen LogP contribution < -0.4 is 15.4 Å². The highest BCUT2D eigenvalue weighted by Gasteiger charge is 2.18. The summed E-state index contributed by atoms with van der Waals surface area (Å²) < 4.78 is 24.4. The summed E-state index contributed by atoms with van der Waals surface area (Å²) in [6.45, 7) is 2.04. The largest absolute Gasteiger partial charge is 0.399 e. The Kier molecular flexibility index (Phi) is 3.26. The fourth-order valence-electron chi connectivity index (χ4n) is 2.09. The van der Waals surface area contributed by atoms with Crippen LogP contribution in [0.1, 0.15) is 5.56 Å². The predicted molar refractivity (Wildman–Crippen MR) is 69.6 cm³/mol. The van der Waals surface area contributed by atoms with E-state index >= 15 is 0 Å². The third-order valence-electron chi connectivity index (χ3n) is 2.84. The molecule has 6 heteroatoms. The van der Waals surface area contributed by atoms with Crippen molar-refractivity contribution < 1.29 is 8.42 Å². The number of nitrogen functional groups attached to an aromatic ring is 1. The highest BCUT2D eigenvalue weighted by Crippen LogP contribution is 2.28. The number of sulfonamides is 1. The van der Waals surface area contributed by atoms with Gasteiger partial charge >= 0.3 is 0 Å². The first-order valence-corrected chi connectivity index (χ1v) is 7.43. The third-order valence-corrected chi connectivity index (χ3v) is 3.57. The Morgan fingerprint density at radius 2 is 2.24 bits per heavy atom. The van der Waals surface area contributed by atoms with Crippen molar-refractivity contribution in [3.8, 4) is 0 Å². The molecule has 1 heterocycles. The average molecular weight is 255 g/mol. The molecule has 0 amide bonds. The summed E-state index contributed by atoms with van der Waals surface area (Å²) in [5.41, 5.74) is 8.90. The summed E-state index contributed by atoms with van der Waals surface area (Å²) >= 11 is 0. The first-order valence-electron chi connectivity index (χ1n) is 5.54. The summed E-state index contributed by atoms with van der Waals surface area (Å²) in [4.78, 5) is 2.17. The molecule has 3 N–H and O–H groups in total. The van der Waals surface area contributed by atoms with Crippen LogP contribution >= 0.6 is 0 Å². The highest BCUT2D eigenvalue weighted by atomic mass is 32.2. The zero-order chi connectivity index (χ0) is 12.5. The van der Waals surface area contributed by atoms with E-state index in [1.54, 1.807) is 0 Å². The molecule has 0 aliphatic carbocycles. The minimum atomic E-state index is -3.10. The molecule has 1 aromatic carbocycles. The van der Waals surface area contributed by atoms with Crippen molar-refractivity contribution in [2.45, 2.75) is 6.42 Å². The van der Waals surface area contributed by atoms with Gasteiger partial charge in [0.15, 0.2) is 0 Å². The van der Waals surface area contributed by atoms with E-state index in [9.17, 15) is 8.42 Å². The molecule has 17 heavy (non-hydrogen) atoms. The lowest BCUT2D eigenvalue weighted by molar-refractivity contribution is 0.587. The number of nitrogens with zero attached hydrogens (tertiary/aromatic N) is 1. The van der Waals surface area contributed by atoms with Gasteiger partial charge in [0.2, 0.25) is 10.0 Å². The van der Waals surface area contributed by atoms with Gasteiger partial charge in [0.1, 0.15) is 0 Å². The number of benzene rings is 1. The van der Waals surface area contributed by atoms with Gasteiger partial charge in [0.05, 0.1) is 6.26 Å². The van der Waals surface area contributed by atoms with E-state index in [-0.39, 0.29) is 0 Å². The lowest BCUT2D eigenvalue weighted by Crippen LogP contribution is -2.33. The molecule has 1 aliphatic rings. The molecule has 0 atom stereocenters. The standard InChI is InChI=1S/C11H17N3O2S/c1-17(15,16)13-5-7-14-6-4-9-8-10(12)2-3-11(9)14/h2-3,8,13H,4-7,12H2,1H3. The van der Waals surface area contributed by atoms with Crippen LogP contribution in [0.5, 0.6) is 0 Å². The van der Waals surface area contributed by atoms with E-state index < -0.39 is 10.0 Å². The van der Waals surface area contributed by atoms with Gasteiger partial charge in [-0.25, -0.2) is 13.1 Å². The molecule has 0 spiro atoms. The highest BCUT2D eigenvalue weighted by molar-refractivity contribution is 7.88. The first kappa shape index (κ1) is 12.2. The Labute approximate surface area is 102 Å². The van der Waals surface area contributed by atoms with Gasteiger partial charge in [0, 0.05) is 31.0 Å². The van der Waals surface area contributed by atoms with Gasteiger partial charge in [0.25, 0.3) is 0 Å². The fraction of sp³-hybridized carbons (Fsp3) is 0.455. The predicted octanol–water partition coefficient (Wildman–Crippen LogP) is 0.181. The van der Waals surface area contributed by atoms with Gasteiger partial charge in [-0.15, -0.1) is 0 Å². The fourth-order valence-corrected chi connectivity index (χ4v) is 2.55. The van der Waals surface area contributed by atoms with Gasteiger partial charge < -0.3 is 10.6 Å². The van der Waals surface area contributed by atoms with E-state index in [4.69, 9.17) is 5.73 Å². The summed E-state index contributed by atoms with van der Waals surface area (Å²) in [7, 11) is -3.10. The number of fused-ring (bicyclic) bond motifs is 1. The second kappa shape index (κ2) is 4.54. The number of hydrogen-bond acceptors (Lipinski definition) is 4. The SMILES string of the molecule is CS(=O)(=O)NCCN1CCc2cc(N)ccc21. The monoisotopic (exact) mass is 255 g/mol. The molecule has 0 fully saturated rings. The van der Waals surface area contributed by atoms with Crippen LogP contribution in [0.3, 0.4) is 0 Å². The van der Waals surface area contributed by atoms with E-state index in [1.807, 2.05) is 18.2 Å². The van der Waals surface area contributed by atoms with Gasteiger partial charge in [-0.05, 0) is 30.2 Å². The Bertz CT molecular complexity index is 513. The van der Waals surface area contributed by atoms with Crippen LogP contribution in [0.15, 0.2) is 18.2 Å². The first-order chi connectivity index (χ1) is 7.96. The average Bonchev–Trinajstić information content (AvgIpc) is 2.59. The minimum absolute atomic E-state index is 0.433. The van der Waals surface area contributed by atoms with Gasteiger partial charge in [-0.3, -0.25) is 0 Å². The molecule has 0 saturated carbocycles. The summed E-state index contributed by atoms with van der Waals surface area (Å²) in [5.74, 6) is 0. The van der Waals surface area contributed by atoms with Crippen LogP contribution in [-0.2, 0) is 16.4 Å². The summed E-state index contributed by atoms with van der Waals surface area (Å²) in [6.07, 6.45) is 2.14. The second-order valence-electron chi connectivity index (χ2n) is 4.29. The van der Waals surface area contributed by atoms with Crippen LogP contribution in [0.25, 0.3) is 0 Å². The lowest BCUT2D eigenvalue weighted by atomic mass is 10.1. The smallest absolute Gasteiger partial charge is 0.208 e. The number of nitrogens with one attached hydrogen (secondary N) is 1. The van der Waals surface area contributed by atoms with E-state index in [0.717, 1.165) is 24.3 Å². The van der Waals surface area contributed by atoms with Crippen molar-refractivity contribution in [1.82, 2.24) is 4.72 Å². The Morgan fingerprint density at radius 1 is 1.47 bits per heavy atom. The molecular formula is C11H17N3O2S. The number of nitrogens with two attached hydrogens (primary N) is 1. The second-order valence-corrected chi connectivity index (χ2v) is 6.12. The maximum Gasteiger partial charge on any atom is 0.208 e. The zero-order valence-electron chi connectivity index (χ0n) is 9.81.